The number of aromatic nitrogens is 4. The number of hydrogen-bond donors (Lipinski definition) is 3. The van der Waals surface area contributed by atoms with Crippen LogP contribution in [0.2, 0.25) is 0 Å². The molecule has 110 valence electrons. The van der Waals surface area contributed by atoms with Crippen molar-refractivity contribution in [1.82, 2.24) is 24.7 Å². The van der Waals surface area contributed by atoms with Crippen molar-refractivity contribution < 1.29 is 8.42 Å². The fraction of sp³-hybridized carbons (Fsp3) is 0.455. The number of nitrogens with two attached hydrogens (primary N) is 1. The quantitative estimate of drug-likeness (QED) is 0.712. The molecule has 0 amide bonds. The molecule has 8 nitrogen and oxygen atoms in total. The highest BCUT2D eigenvalue weighted by Crippen LogP contribution is 2.17. The molecule has 0 saturated heterocycles. The van der Waals surface area contributed by atoms with Crippen molar-refractivity contribution in [3.63, 3.8) is 0 Å². The van der Waals surface area contributed by atoms with E-state index in [2.05, 4.69) is 20.0 Å². The van der Waals surface area contributed by atoms with Crippen LogP contribution in [-0.4, -0.2) is 28.4 Å². The molecule has 0 radical (unpaired) electrons. The molecule has 9 heteroatoms. The molecule has 0 aliphatic heterocycles. The van der Waals surface area contributed by atoms with Crippen molar-refractivity contribution in [2.24, 2.45) is 0 Å². The predicted octanol–water partition coefficient (Wildman–Crippen LogP) is 0.385. The molecule has 2 aromatic rings. The number of rotatable bonds is 6. The van der Waals surface area contributed by atoms with Crippen molar-refractivity contribution in [2.45, 2.75) is 38.3 Å². The number of hydrogen-bond acceptors (Lipinski definition) is 5. The molecule has 0 unspecified atom stereocenters. The van der Waals surface area contributed by atoms with Gasteiger partial charge in [-0.15, -0.1) is 0 Å². The third-order valence-electron chi connectivity index (χ3n) is 2.88. The van der Waals surface area contributed by atoms with Gasteiger partial charge in [-0.2, -0.15) is 10.2 Å². The summed E-state index contributed by atoms with van der Waals surface area (Å²) in [6, 6.07) is 0. The van der Waals surface area contributed by atoms with E-state index in [0.717, 1.165) is 17.7 Å². The lowest BCUT2D eigenvalue weighted by molar-refractivity contribution is 0.579. The highest BCUT2D eigenvalue weighted by molar-refractivity contribution is 7.89. The van der Waals surface area contributed by atoms with Gasteiger partial charge in [0, 0.05) is 30.5 Å². The fourth-order valence-electron chi connectivity index (χ4n) is 1.77. The Kier molecular flexibility index (Phi) is 4.09. The first-order chi connectivity index (χ1) is 9.44. The van der Waals surface area contributed by atoms with Gasteiger partial charge >= 0.3 is 0 Å². The van der Waals surface area contributed by atoms with E-state index in [1.165, 1.54) is 10.9 Å². The summed E-state index contributed by atoms with van der Waals surface area (Å²) >= 11 is 0. The summed E-state index contributed by atoms with van der Waals surface area (Å²) in [5.74, 6) is 0.00913. The zero-order valence-corrected chi connectivity index (χ0v) is 12.2. The van der Waals surface area contributed by atoms with E-state index in [4.69, 9.17) is 5.73 Å². The van der Waals surface area contributed by atoms with Gasteiger partial charge in [0.1, 0.15) is 4.90 Å². The molecule has 0 aromatic carbocycles. The number of nitrogen functional groups attached to an aromatic ring is 1. The second-order valence-electron chi connectivity index (χ2n) is 4.49. The number of nitrogens with one attached hydrogen (secondary N) is 2. The van der Waals surface area contributed by atoms with Gasteiger partial charge in [0.2, 0.25) is 10.0 Å². The Balaban J connectivity index is 2.16. The SMILES string of the molecule is CCCn1cc(S(=O)(=O)NCc2cn[nH]c2C)c(N)n1. The van der Waals surface area contributed by atoms with E-state index in [1.807, 2.05) is 13.8 Å². The van der Waals surface area contributed by atoms with Gasteiger partial charge in [-0.3, -0.25) is 9.78 Å². The topological polar surface area (TPSA) is 119 Å². The van der Waals surface area contributed by atoms with Gasteiger partial charge in [0.25, 0.3) is 0 Å². The van der Waals surface area contributed by atoms with Gasteiger partial charge in [0.05, 0.1) is 6.20 Å². The molecule has 0 bridgehead atoms. The lowest BCUT2D eigenvalue weighted by Crippen LogP contribution is -2.23. The molecule has 0 aliphatic rings. The Morgan fingerprint density at radius 2 is 2.25 bits per heavy atom. The smallest absolute Gasteiger partial charge is 0.246 e. The average Bonchev–Trinajstić information content (AvgIpc) is 2.94. The maximum absolute atomic E-state index is 12.2. The maximum atomic E-state index is 12.2. The van der Waals surface area contributed by atoms with Crippen LogP contribution in [0.3, 0.4) is 0 Å². The summed E-state index contributed by atoms with van der Waals surface area (Å²) in [7, 11) is -3.68. The van der Waals surface area contributed by atoms with Crippen LogP contribution in [-0.2, 0) is 23.1 Å². The summed E-state index contributed by atoms with van der Waals surface area (Å²) in [6.45, 7) is 4.58. The van der Waals surface area contributed by atoms with Gasteiger partial charge in [-0.1, -0.05) is 6.92 Å². The Bertz CT molecular complexity index is 688. The van der Waals surface area contributed by atoms with E-state index in [1.54, 1.807) is 6.20 Å². The molecule has 0 atom stereocenters. The third-order valence-corrected chi connectivity index (χ3v) is 4.30. The zero-order chi connectivity index (χ0) is 14.8. The molecule has 0 spiro atoms. The Labute approximate surface area is 117 Å². The highest BCUT2D eigenvalue weighted by Gasteiger charge is 2.21. The number of sulfonamides is 1. The van der Waals surface area contributed by atoms with E-state index >= 15 is 0 Å². The average molecular weight is 298 g/mol. The standard InChI is InChI=1S/C11H18N6O2S/c1-3-4-17-7-10(11(12)16-17)20(18,19)14-6-9-5-13-15-8(9)2/h5,7,14H,3-4,6H2,1-2H3,(H2,12,16)(H,13,15). The highest BCUT2D eigenvalue weighted by atomic mass is 32.2. The first-order valence-electron chi connectivity index (χ1n) is 6.25. The van der Waals surface area contributed by atoms with Crippen molar-refractivity contribution in [3.8, 4) is 0 Å². The Morgan fingerprint density at radius 3 is 2.85 bits per heavy atom. The van der Waals surface area contributed by atoms with Crippen LogP contribution in [0.4, 0.5) is 5.82 Å². The lowest BCUT2D eigenvalue weighted by atomic mass is 10.3. The van der Waals surface area contributed by atoms with Crippen molar-refractivity contribution >= 4 is 15.8 Å². The predicted molar refractivity (Wildman–Crippen MR) is 74.3 cm³/mol. The first kappa shape index (κ1) is 14.5. The molecule has 4 N–H and O–H groups in total. The van der Waals surface area contributed by atoms with Crippen LogP contribution in [0, 0.1) is 6.92 Å². The van der Waals surface area contributed by atoms with E-state index in [9.17, 15) is 8.42 Å². The molecular weight excluding hydrogens is 280 g/mol. The Hall–Kier alpha value is -1.87. The minimum absolute atomic E-state index is 0.00657. The van der Waals surface area contributed by atoms with Crippen molar-refractivity contribution in [3.05, 3.63) is 23.7 Å². The molecule has 0 saturated carbocycles. The van der Waals surface area contributed by atoms with Crippen LogP contribution in [0.15, 0.2) is 17.3 Å². The molecule has 2 aromatic heterocycles. The van der Waals surface area contributed by atoms with Crippen LogP contribution in [0.5, 0.6) is 0 Å². The minimum atomic E-state index is -3.68. The number of aryl methyl sites for hydroxylation is 2. The second kappa shape index (κ2) is 5.63. The third kappa shape index (κ3) is 2.99. The van der Waals surface area contributed by atoms with Crippen LogP contribution >= 0.6 is 0 Å². The van der Waals surface area contributed by atoms with Crippen molar-refractivity contribution in [2.75, 3.05) is 5.73 Å². The molecule has 0 fully saturated rings. The maximum Gasteiger partial charge on any atom is 0.246 e. The largest absolute Gasteiger partial charge is 0.381 e. The molecule has 0 aliphatic carbocycles. The van der Waals surface area contributed by atoms with Crippen LogP contribution < -0.4 is 10.5 Å². The summed E-state index contributed by atoms with van der Waals surface area (Å²) in [4.78, 5) is 0.00657. The van der Waals surface area contributed by atoms with E-state index in [-0.39, 0.29) is 17.3 Å². The number of nitrogens with zero attached hydrogens (tertiary/aromatic N) is 3. The molecule has 2 rings (SSSR count). The van der Waals surface area contributed by atoms with Crippen LogP contribution in [0.1, 0.15) is 24.6 Å². The molecule has 2 heterocycles. The zero-order valence-electron chi connectivity index (χ0n) is 11.4. The minimum Gasteiger partial charge on any atom is -0.381 e. The van der Waals surface area contributed by atoms with Gasteiger partial charge in [-0.05, 0) is 13.3 Å². The van der Waals surface area contributed by atoms with Crippen LogP contribution in [0.25, 0.3) is 0 Å². The fourth-order valence-corrected chi connectivity index (χ4v) is 2.85. The first-order valence-corrected chi connectivity index (χ1v) is 7.73. The summed E-state index contributed by atoms with van der Waals surface area (Å²) < 4.78 is 28.4. The summed E-state index contributed by atoms with van der Waals surface area (Å²) in [5, 5.41) is 10.6. The summed E-state index contributed by atoms with van der Waals surface area (Å²) in [6.07, 6.45) is 3.88. The van der Waals surface area contributed by atoms with Crippen molar-refractivity contribution in [1.29, 1.82) is 0 Å². The lowest BCUT2D eigenvalue weighted by Gasteiger charge is -2.04. The molecule has 20 heavy (non-hydrogen) atoms. The normalized spacial score (nSPS) is 11.9. The van der Waals surface area contributed by atoms with E-state index in [0.29, 0.717) is 6.54 Å². The van der Waals surface area contributed by atoms with E-state index < -0.39 is 10.0 Å². The van der Waals surface area contributed by atoms with Gasteiger partial charge in [0.15, 0.2) is 5.82 Å². The van der Waals surface area contributed by atoms with Gasteiger partial charge in [-0.25, -0.2) is 13.1 Å². The number of H-pyrrole nitrogens is 1. The number of aromatic amines is 1. The molecular formula is C11H18N6O2S. The number of anilines is 1. The van der Waals surface area contributed by atoms with Gasteiger partial charge < -0.3 is 5.73 Å². The Morgan fingerprint density at radius 1 is 1.50 bits per heavy atom. The summed E-state index contributed by atoms with van der Waals surface area (Å²) in [5.41, 5.74) is 7.27. The monoisotopic (exact) mass is 298 g/mol. The second-order valence-corrected chi connectivity index (χ2v) is 6.22.